The number of hydrogen-bond donors (Lipinski definition) is 0. The van der Waals surface area contributed by atoms with Gasteiger partial charge in [-0.1, -0.05) is 6.92 Å². The van der Waals surface area contributed by atoms with E-state index < -0.39 is 0 Å². The van der Waals surface area contributed by atoms with E-state index in [4.69, 9.17) is 0 Å². The van der Waals surface area contributed by atoms with Gasteiger partial charge < -0.3 is 0 Å². The van der Waals surface area contributed by atoms with E-state index in [1.54, 1.807) is 19.3 Å². The van der Waals surface area contributed by atoms with Gasteiger partial charge in [-0.05, 0) is 37.0 Å². The quantitative estimate of drug-likeness (QED) is 0.468. The van der Waals surface area contributed by atoms with Crippen LogP contribution < -0.4 is 0 Å². The average Bonchev–Trinajstić information content (AvgIpc) is 2.23. The Labute approximate surface area is 44.9 Å². The molecule has 0 heterocycles. The Kier molecular flexibility index (Phi) is 0.586. The monoisotopic (exact) mass is 96.1 g/mol. The molecule has 2 fully saturated rings. The van der Waals surface area contributed by atoms with Crippen LogP contribution in [0.25, 0.3) is 0 Å². The first-order valence-corrected chi connectivity index (χ1v) is 3.38. The molecule has 0 aromatic carbocycles. The second-order valence-electron chi connectivity index (χ2n) is 3.21. The topological polar surface area (TPSA) is 0 Å². The predicted molar refractivity (Wildman–Crippen MR) is 30.0 cm³/mol. The second-order valence-corrected chi connectivity index (χ2v) is 3.21. The molecule has 2 rings (SSSR count). The van der Waals surface area contributed by atoms with Gasteiger partial charge in [-0.3, -0.25) is 0 Å². The Morgan fingerprint density at radius 1 is 1.29 bits per heavy atom. The normalized spacial score (nSPS) is 49.3. The summed E-state index contributed by atoms with van der Waals surface area (Å²) in [5, 5.41) is 0. The number of hydrogen-bond acceptors (Lipinski definition) is 0. The minimum absolute atomic E-state index is 1.10. The lowest BCUT2D eigenvalue weighted by Crippen LogP contribution is -1.77. The van der Waals surface area contributed by atoms with E-state index in [0.717, 1.165) is 5.92 Å². The van der Waals surface area contributed by atoms with Crippen molar-refractivity contribution in [2.75, 3.05) is 0 Å². The van der Waals surface area contributed by atoms with Gasteiger partial charge in [-0.25, -0.2) is 0 Å². The van der Waals surface area contributed by atoms with E-state index in [9.17, 15) is 0 Å². The molecule has 0 unspecified atom stereocenters. The highest BCUT2D eigenvalue weighted by atomic mass is 14.5. The van der Waals surface area contributed by atoms with Crippen molar-refractivity contribution in [3.05, 3.63) is 0 Å². The highest BCUT2D eigenvalue weighted by molar-refractivity contribution is 4.94. The van der Waals surface area contributed by atoms with Crippen LogP contribution in [0, 0.1) is 17.8 Å². The van der Waals surface area contributed by atoms with Gasteiger partial charge in [0.05, 0.1) is 0 Å². The molecule has 2 saturated carbocycles. The van der Waals surface area contributed by atoms with Crippen LogP contribution in [-0.2, 0) is 0 Å². The highest BCUT2D eigenvalue weighted by Gasteiger charge is 2.44. The van der Waals surface area contributed by atoms with E-state index in [1.165, 1.54) is 11.8 Å². The first-order chi connectivity index (χ1) is 3.38. The van der Waals surface area contributed by atoms with Gasteiger partial charge in [-0.15, -0.1) is 0 Å². The second kappa shape index (κ2) is 1.04. The van der Waals surface area contributed by atoms with Crippen LogP contribution in [0.2, 0.25) is 0 Å². The summed E-state index contributed by atoms with van der Waals surface area (Å²) in [6.45, 7) is 2.38. The minimum Gasteiger partial charge on any atom is -0.0622 e. The Balaban J connectivity index is 1.88. The molecule has 0 aromatic rings. The maximum absolute atomic E-state index is 2.38. The molecule has 7 heavy (non-hydrogen) atoms. The van der Waals surface area contributed by atoms with Gasteiger partial charge in [0.2, 0.25) is 0 Å². The molecule has 0 N–H and O–H groups in total. The zero-order valence-electron chi connectivity index (χ0n) is 4.85. The Morgan fingerprint density at radius 2 is 1.86 bits per heavy atom. The zero-order valence-corrected chi connectivity index (χ0v) is 4.85. The smallest absolute Gasteiger partial charge is 0.0357 e. The minimum atomic E-state index is 1.10. The molecule has 0 bridgehead atoms. The third-order valence-corrected chi connectivity index (χ3v) is 2.40. The van der Waals surface area contributed by atoms with Crippen LogP contribution in [0.1, 0.15) is 26.2 Å². The Hall–Kier alpha value is 0. The van der Waals surface area contributed by atoms with Crippen molar-refractivity contribution in [2.45, 2.75) is 26.2 Å². The van der Waals surface area contributed by atoms with Gasteiger partial charge in [0.15, 0.2) is 0 Å². The average molecular weight is 96.2 g/mol. The van der Waals surface area contributed by atoms with Crippen molar-refractivity contribution >= 4 is 0 Å². The van der Waals surface area contributed by atoms with Crippen LogP contribution in [0.3, 0.4) is 0 Å². The van der Waals surface area contributed by atoms with E-state index in [2.05, 4.69) is 6.92 Å². The molecule has 2 atom stereocenters. The predicted octanol–water partition coefficient (Wildman–Crippen LogP) is 2.05. The fourth-order valence-electron chi connectivity index (χ4n) is 1.53. The lowest BCUT2D eigenvalue weighted by molar-refractivity contribution is 0.658. The van der Waals surface area contributed by atoms with Crippen molar-refractivity contribution in [1.82, 2.24) is 0 Å². The van der Waals surface area contributed by atoms with E-state index in [-0.39, 0.29) is 0 Å². The summed E-state index contributed by atoms with van der Waals surface area (Å²) in [6.07, 6.45) is 4.65. The lowest BCUT2D eigenvalue weighted by atomic mass is 10.2. The zero-order chi connectivity index (χ0) is 4.85. The standard InChI is InChI=1S/C7H12/c1-5-4-7(5)6-2-3-6/h5-7H,2-4H2,1H3/t5-,7+/m0/s1. The molecular formula is C7H12. The Morgan fingerprint density at radius 3 is 2.00 bits per heavy atom. The highest BCUT2D eigenvalue weighted by Crippen LogP contribution is 2.53. The SMILES string of the molecule is C[C@H]1C[C@H]1C1CC1. The maximum Gasteiger partial charge on any atom is -0.0357 e. The first kappa shape index (κ1) is 3.94. The van der Waals surface area contributed by atoms with Crippen molar-refractivity contribution in [3.8, 4) is 0 Å². The van der Waals surface area contributed by atoms with Crippen LogP contribution >= 0.6 is 0 Å². The van der Waals surface area contributed by atoms with Crippen molar-refractivity contribution in [1.29, 1.82) is 0 Å². The summed E-state index contributed by atoms with van der Waals surface area (Å²) in [7, 11) is 0. The molecule has 0 heteroatoms. The summed E-state index contributed by atoms with van der Waals surface area (Å²) in [5.74, 6) is 3.47. The molecule has 0 aliphatic heterocycles. The van der Waals surface area contributed by atoms with Crippen LogP contribution in [0.15, 0.2) is 0 Å². The summed E-state index contributed by atoms with van der Waals surface area (Å²) < 4.78 is 0. The third-order valence-electron chi connectivity index (χ3n) is 2.40. The van der Waals surface area contributed by atoms with Crippen LogP contribution in [0.4, 0.5) is 0 Å². The van der Waals surface area contributed by atoms with Crippen molar-refractivity contribution in [3.63, 3.8) is 0 Å². The van der Waals surface area contributed by atoms with Gasteiger partial charge in [0.25, 0.3) is 0 Å². The molecule has 0 radical (unpaired) electrons. The first-order valence-electron chi connectivity index (χ1n) is 3.38. The van der Waals surface area contributed by atoms with Crippen molar-refractivity contribution < 1.29 is 0 Å². The molecule has 0 saturated heterocycles. The number of rotatable bonds is 1. The Bertz CT molecular complexity index is 82.0. The largest absolute Gasteiger partial charge is 0.0622 e. The molecular weight excluding hydrogens is 84.1 g/mol. The van der Waals surface area contributed by atoms with Crippen molar-refractivity contribution in [2.24, 2.45) is 17.8 Å². The molecule has 0 nitrogen and oxygen atoms in total. The molecule has 0 spiro atoms. The molecule has 2 aliphatic rings. The third kappa shape index (κ3) is 0.568. The van der Waals surface area contributed by atoms with E-state index in [1.807, 2.05) is 0 Å². The molecule has 2 aliphatic carbocycles. The molecule has 0 amide bonds. The van der Waals surface area contributed by atoms with Crippen LogP contribution in [-0.4, -0.2) is 0 Å². The van der Waals surface area contributed by atoms with Gasteiger partial charge in [-0.2, -0.15) is 0 Å². The lowest BCUT2D eigenvalue weighted by Gasteiger charge is -1.83. The summed E-state index contributed by atoms with van der Waals surface area (Å²) in [4.78, 5) is 0. The van der Waals surface area contributed by atoms with Crippen LogP contribution in [0.5, 0.6) is 0 Å². The maximum atomic E-state index is 2.38. The molecule has 0 aromatic heterocycles. The van der Waals surface area contributed by atoms with Gasteiger partial charge >= 0.3 is 0 Å². The summed E-state index contributed by atoms with van der Waals surface area (Å²) in [5.41, 5.74) is 0. The molecule has 40 valence electrons. The van der Waals surface area contributed by atoms with Gasteiger partial charge in [0, 0.05) is 0 Å². The van der Waals surface area contributed by atoms with E-state index >= 15 is 0 Å². The fourth-order valence-corrected chi connectivity index (χ4v) is 1.53. The van der Waals surface area contributed by atoms with Gasteiger partial charge in [0.1, 0.15) is 0 Å². The van der Waals surface area contributed by atoms with E-state index in [0.29, 0.717) is 0 Å². The fraction of sp³-hybridized carbons (Fsp3) is 1.00. The summed E-state index contributed by atoms with van der Waals surface area (Å²) in [6, 6.07) is 0. The summed E-state index contributed by atoms with van der Waals surface area (Å²) >= 11 is 0.